The molecule has 0 atom stereocenters. The van der Waals surface area contributed by atoms with Crippen molar-refractivity contribution in [1.29, 1.82) is 0 Å². The van der Waals surface area contributed by atoms with E-state index in [0.29, 0.717) is 12.5 Å². The molecule has 0 saturated heterocycles. The number of aliphatic imine (C=N–C) groups is 1. The Hall–Kier alpha value is -1.42. The molecule has 1 fully saturated rings. The highest BCUT2D eigenvalue weighted by atomic mass is 19.1. The van der Waals surface area contributed by atoms with Crippen LogP contribution < -0.4 is 11.3 Å². The molecule has 1 aromatic rings. The second-order valence-electron chi connectivity index (χ2n) is 3.76. The first kappa shape index (κ1) is 10.1. The number of nitrogens with zero attached hydrogens (tertiary/aromatic N) is 1. The zero-order valence-corrected chi connectivity index (χ0v) is 8.41. The van der Waals surface area contributed by atoms with Crippen molar-refractivity contribution in [2.45, 2.75) is 25.3 Å². The van der Waals surface area contributed by atoms with E-state index in [1.54, 1.807) is 6.07 Å². The van der Waals surface area contributed by atoms with E-state index < -0.39 is 0 Å². The van der Waals surface area contributed by atoms with Crippen molar-refractivity contribution in [3.63, 3.8) is 0 Å². The van der Waals surface area contributed by atoms with E-state index in [4.69, 9.17) is 5.84 Å². The van der Waals surface area contributed by atoms with Crippen LogP contribution in [0.2, 0.25) is 0 Å². The van der Waals surface area contributed by atoms with Crippen molar-refractivity contribution in [3.8, 4) is 0 Å². The Morgan fingerprint density at radius 1 is 1.53 bits per heavy atom. The van der Waals surface area contributed by atoms with Crippen molar-refractivity contribution >= 4 is 5.84 Å². The summed E-state index contributed by atoms with van der Waals surface area (Å²) in [7, 11) is 0. The Morgan fingerprint density at radius 2 is 2.33 bits per heavy atom. The third-order valence-electron chi connectivity index (χ3n) is 2.31. The molecule has 0 radical (unpaired) electrons. The van der Waals surface area contributed by atoms with Crippen LogP contribution in [-0.4, -0.2) is 11.9 Å². The normalized spacial score (nSPS) is 16.5. The minimum absolute atomic E-state index is 0.227. The molecule has 3 N–H and O–H groups in total. The number of rotatable bonds is 3. The van der Waals surface area contributed by atoms with Crippen molar-refractivity contribution in [2.75, 3.05) is 0 Å². The predicted molar refractivity (Wildman–Crippen MR) is 57.9 cm³/mol. The first-order valence-electron chi connectivity index (χ1n) is 5.05. The van der Waals surface area contributed by atoms with Crippen molar-refractivity contribution in [2.24, 2.45) is 10.8 Å². The van der Waals surface area contributed by atoms with Gasteiger partial charge in [-0.3, -0.25) is 4.99 Å². The third-order valence-corrected chi connectivity index (χ3v) is 2.31. The Balaban J connectivity index is 2.05. The lowest BCUT2D eigenvalue weighted by atomic mass is 10.1. The summed E-state index contributed by atoms with van der Waals surface area (Å²) in [6.45, 7) is 0. The molecule has 0 unspecified atom stereocenters. The van der Waals surface area contributed by atoms with Crippen LogP contribution in [-0.2, 0) is 6.42 Å². The van der Waals surface area contributed by atoms with E-state index in [9.17, 15) is 4.39 Å². The number of hydrazine groups is 1. The van der Waals surface area contributed by atoms with Gasteiger partial charge in [-0.15, -0.1) is 0 Å². The number of nitrogens with two attached hydrogens (primary N) is 1. The van der Waals surface area contributed by atoms with Gasteiger partial charge in [-0.2, -0.15) is 0 Å². The molecule has 2 rings (SSSR count). The molecule has 80 valence electrons. The lowest BCUT2D eigenvalue weighted by Crippen LogP contribution is -2.32. The van der Waals surface area contributed by atoms with Crippen LogP contribution in [0.4, 0.5) is 4.39 Å². The van der Waals surface area contributed by atoms with Gasteiger partial charge in [-0.1, -0.05) is 12.1 Å². The molecule has 0 aromatic heterocycles. The van der Waals surface area contributed by atoms with Gasteiger partial charge in [0.1, 0.15) is 11.7 Å². The molecule has 0 aliphatic heterocycles. The van der Waals surface area contributed by atoms with Crippen LogP contribution in [0.1, 0.15) is 18.4 Å². The number of amidine groups is 1. The first-order valence-corrected chi connectivity index (χ1v) is 5.05. The number of hydrogen-bond donors (Lipinski definition) is 2. The molecule has 0 spiro atoms. The summed E-state index contributed by atoms with van der Waals surface area (Å²) < 4.78 is 12.9. The van der Waals surface area contributed by atoms with Gasteiger partial charge in [0.2, 0.25) is 0 Å². The van der Waals surface area contributed by atoms with Gasteiger partial charge in [0.05, 0.1) is 6.04 Å². The molecule has 0 bridgehead atoms. The Morgan fingerprint density at radius 3 is 2.93 bits per heavy atom. The molecule has 15 heavy (non-hydrogen) atoms. The number of halogens is 1. The zero-order chi connectivity index (χ0) is 10.7. The first-order chi connectivity index (χ1) is 7.28. The fourth-order valence-electron chi connectivity index (χ4n) is 1.40. The van der Waals surface area contributed by atoms with Gasteiger partial charge < -0.3 is 5.43 Å². The number of nitrogens with one attached hydrogen (secondary N) is 1. The molecular weight excluding hydrogens is 193 g/mol. The molecule has 3 nitrogen and oxygen atoms in total. The molecule has 1 saturated carbocycles. The standard InChI is InChI=1S/C11H14FN3/c12-9-3-1-2-8(6-9)7-11(15-13)14-10-4-5-10/h1-3,6,10H,4-5,7,13H2,(H,14,15). The van der Waals surface area contributed by atoms with Crippen molar-refractivity contribution < 1.29 is 4.39 Å². The second-order valence-corrected chi connectivity index (χ2v) is 3.76. The summed E-state index contributed by atoms with van der Waals surface area (Å²) in [6, 6.07) is 6.90. The fraction of sp³-hybridized carbons (Fsp3) is 0.364. The SMILES string of the molecule is NNC(Cc1cccc(F)c1)=NC1CC1. The summed E-state index contributed by atoms with van der Waals surface area (Å²) in [6.07, 6.45) is 2.83. The number of hydrogen-bond acceptors (Lipinski definition) is 2. The quantitative estimate of drug-likeness (QED) is 0.340. The van der Waals surface area contributed by atoms with Crippen LogP contribution in [0.5, 0.6) is 0 Å². The Labute approximate surface area is 88.2 Å². The van der Waals surface area contributed by atoms with Gasteiger partial charge in [0.15, 0.2) is 0 Å². The van der Waals surface area contributed by atoms with Crippen LogP contribution in [0.25, 0.3) is 0 Å². The predicted octanol–water partition coefficient (Wildman–Crippen LogP) is 1.39. The van der Waals surface area contributed by atoms with Gasteiger partial charge in [-0.05, 0) is 30.5 Å². The smallest absolute Gasteiger partial charge is 0.123 e. The van der Waals surface area contributed by atoms with E-state index in [1.807, 2.05) is 6.07 Å². The molecule has 0 heterocycles. The lowest BCUT2D eigenvalue weighted by Gasteiger charge is -2.05. The van der Waals surface area contributed by atoms with E-state index >= 15 is 0 Å². The summed E-state index contributed by atoms with van der Waals surface area (Å²) in [5.41, 5.74) is 3.45. The Kier molecular flexibility index (Phi) is 2.97. The summed E-state index contributed by atoms with van der Waals surface area (Å²) in [4.78, 5) is 4.39. The van der Waals surface area contributed by atoms with Crippen molar-refractivity contribution in [1.82, 2.24) is 5.43 Å². The van der Waals surface area contributed by atoms with Gasteiger partial charge in [0.25, 0.3) is 0 Å². The highest BCUT2D eigenvalue weighted by molar-refractivity contribution is 5.84. The maximum atomic E-state index is 12.9. The van der Waals surface area contributed by atoms with E-state index in [-0.39, 0.29) is 5.82 Å². The van der Waals surface area contributed by atoms with Gasteiger partial charge in [-0.25, -0.2) is 10.2 Å². The summed E-state index contributed by atoms with van der Waals surface area (Å²) in [5.74, 6) is 5.86. The highest BCUT2D eigenvalue weighted by Gasteiger charge is 2.20. The highest BCUT2D eigenvalue weighted by Crippen LogP contribution is 2.23. The van der Waals surface area contributed by atoms with E-state index in [1.165, 1.54) is 12.1 Å². The summed E-state index contributed by atoms with van der Waals surface area (Å²) in [5, 5.41) is 0. The maximum absolute atomic E-state index is 12.9. The Bertz CT molecular complexity index is 372. The van der Waals surface area contributed by atoms with Gasteiger partial charge >= 0.3 is 0 Å². The topological polar surface area (TPSA) is 50.4 Å². The van der Waals surface area contributed by atoms with Gasteiger partial charge in [0, 0.05) is 6.42 Å². The fourth-order valence-corrected chi connectivity index (χ4v) is 1.40. The average Bonchev–Trinajstić information content (AvgIpc) is 3.01. The largest absolute Gasteiger partial charge is 0.312 e. The van der Waals surface area contributed by atoms with Crippen LogP contribution in [0.3, 0.4) is 0 Å². The van der Waals surface area contributed by atoms with Crippen molar-refractivity contribution in [3.05, 3.63) is 35.6 Å². The van der Waals surface area contributed by atoms with Crippen LogP contribution >= 0.6 is 0 Å². The number of benzene rings is 1. The molecule has 4 heteroatoms. The summed E-state index contributed by atoms with van der Waals surface area (Å²) >= 11 is 0. The zero-order valence-electron chi connectivity index (χ0n) is 8.41. The van der Waals surface area contributed by atoms with Crippen LogP contribution in [0, 0.1) is 5.82 Å². The molecular formula is C11H14FN3. The molecule has 0 amide bonds. The minimum Gasteiger partial charge on any atom is -0.312 e. The minimum atomic E-state index is -0.227. The second kappa shape index (κ2) is 4.40. The monoisotopic (exact) mass is 207 g/mol. The third kappa shape index (κ3) is 3.02. The molecule has 1 aliphatic carbocycles. The molecule has 1 aromatic carbocycles. The maximum Gasteiger partial charge on any atom is 0.123 e. The van der Waals surface area contributed by atoms with E-state index in [2.05, 4.69) is 10.4 Å². The molecule has 1 aliphatic rings. The van der Waals surface area contributed by atoms with Crippen LogP contribution in [0.15, 0.2) is 29.3 Å². The lowest BCUT2D eigenvalue weighted by molar-refractivity contribution is 0.626. The van der Waals surface area contributed by atoms with E-state index in [0.717, 1.165) is 24.2 Å². The average molecular weight is 207 g/mol.